The number of carbonyl (C=O) groups is 1. The van der Waals surface area contributed by atoms with Crippen molar-refractivity contribution in [1.82, 2.24) is 23.1 Å². The number of aromatic nitrogens is 5. The van der Waals surface area contributed by atoms with E-state index in [2.05, 4.69) is 4.98 Å². The number of nitrogens with zero attached hydrogens (tertiary/aromatic N) is 5. The summed E-state index contributed by atoms with van der Waals surface area (Å²) in [5.74, 6) is -1.76. The van der Waals surface area contributed by atoms with E-state index in [1.54, 1.807) is 31.2 Å². The minimum atomic E-state index is -1.03. The number of ether oxygens (including phenoxy) is 1. The van der Waals surface area contributed by atoms with E-state index >= 15 is 0 Å². The zero-order valence-corrected chi connectivity index (χ0v) is 20.0. The van der Waals surface area contributed by atoms with Gasteiger partial charge >= 0.3 is 41.2 Å². The number of rotatable bonds is 4. The van der Waals surface area contributed by atoms with Crippen molar-refractivity contribution in [1.29, 1.82) is 0 Å². The first-order chi connectivity index (χ1) is 14.8. The van der Waals surface area contributed by atoms with Gasteiger partial charge in [-0.1, -0.05) is 30.3 Å². The molecule has 0 aliphatic carbocycles. The van der Waals surface area contributed by atoms with Crippen LogP contribution < -0.4 is 46.4 Å². The monoisotopic (exact) mass is 448 g/mol. The Kier molecular flexibility index (Phi) is 6.44. The molecule has 0 atom stereocenters. The maximum atomic E-state index is 13.2. The Labute approximate surface area is 202 Å². The standard InChI is InChI=1S/C20H19N5O6.Na/c1-4-31-18(29)12-15(26)24(10-11-8-6-5-7-9-11)19-21-14-13(25(19)16(12)27)17(28)23(3)20(30)22(14)2;/h5-9,26H,4,10H2,1-3H3;/q;+1. The fourth-order valence-electron chi connectivity index (χ4n) is 3.49. The van der Waals surface area contributed by atoms with E-state index in [1.807, 2.05) is 6.07 Å². The molecule has 0 unspecified atom stereocenters. The molecule has 0 spiro atoms. The van der Waals surface area contributed by atoms with Gasteiger partial charge in [0.1, 0.15) is 0 Å². The summed E-state index contributed by atoms with van der Waals surface area (Å²) in [5.41, 5.74) is -2.46. The van der Waals surface area contributed by atoms with Crippen molar-refractivity contribution in [2.45, 2.75) is 13.5 Å². The molecule has 11 nitrogen and oxygen atoms in total. The van der Waals surface area contributed by atoms with E-state index in [4.69, 9.17) is 4.74 Å². The molecule has 0 fully saturated rings. The Balaban J connectivity index is 0.00000289. The molecule has 0 aliphatic heterocycles. The van der Waals surface area contributed by atoms with Gasteiger partial charge < -0.3 is 9.84 Å². The van der Waals surface area contributed by atoms with Crippen LogP contribution in [0.1, 0.15) is 22.8 Å². The smallest absolute Gasteiger partial charge is 0.494 e. The van der Waals surface area contributed by atoms with Crippen LogP contribution >= 0.6 is 0 Å². The van der Waals surface area contributed by atoms with Crippen LogP contribution in [0.2, 0.25) is 0 Å². The quantitative estimate of drug-likeness (QED) is 0.260. The maximum Gasteiger partial charge on any atom is 1.00 e. The van der Waals surface area contributed by atoms with Gasteiger partial charge in [-0.05, 0) is 12.5 Å². The third-order valence-corrected chi connectivity index (χ3v) is 5.04. The summed E-state index contributed by atoms with van der Waals surface area (Å²) in [4.78, 5) is 55.2. The average molecular weight is 448 g/mol. The van der Waals surface area contributed by atoms with Crippen molar-refractivity contribution < 1.29 is 44.2 Å². The largest absolute Gasteiger partial charge is 1.00 e. The summed E-state index contributed by atoms with van der Waals surface area (Å²) >= 11 is 0. The molecule has 3 aromatic heterocycles. The Hall–Kier alpha value is -3.15. The van der Waals surface area contributed by atoms with Gasteiger partial charge in [0, 0.05) is 14.1 Å². The van der Waals surface area contributed by atoms with Crippen molar-refractivity contribution >= 4 is 22.9 Å². The second-order valence-electron chi connectivity index (χ2n) is 6.92. The van der Waals surface area contributed by atoms with Gasteiger partial charge in [-0.2, -0.15) is 4.98 Å². The minimum absolute atomic E-state index is 0. The van der Waals surface area contributed by atoms with Gasteiger partial charge in [0.05, 0.1) is 13.2 Å². The SMILES string of the molecule is CCOC(=O)c1c(O)n(Cc2ccccc2)c2nc3c(c(=O)n(C)c(=O)n3C)n2c1=O.[Na+]. The molecule has 1 N–H and O–H groups in total. The first-order valence-electron chi connectivity index (χ1n) is 9.42. The minimum Gasteiger partial charge on any atom is -0.494 e. The molecule has 0 aliphatic rings. The van der Waals surface area contributed by atoms with Gasteiger partial charge in [0.25, 0.3) is 11.1 Å². The summed E-state index contributed by atoms with van der Waals surface area (Å²) in [6.07, 6.45) is 0. The zero-order valence-electron chi connectivity index (χ0n) is 18.0. The van der Waals surface area contributed by atoms with Crippen LogP contribution in [-0.2, 0) is 25.4 Å². The van der Waals surface area contributed by atoms with Crippen LogP contribution in [0.25, 0.3) is 16.9 Å². The van der Waals surface area contributed by atoms with Gasteiger partial charge in [-0.25, -0.2) is 14.0 Å². The number of hydrogen-bond donors (Lipinski definition) is 1. The molecule has 0 radical (unpaired) electrons. The Bertz CT molecular complexity index is 1530. The predicted octanol–water partition coefficient (Wildman–Crippen LogP) is -3.02. The van der Waals surface area contributed by atoms with E-state index in [0.717, 1.165) is 19.1 Å². The van der Waals surface area contributed by atoms with Crippen LogP contribution in [0.3, 0.4) is 0 Å². The van der Waals surface area contributed by atoms with Gasteiger partial charge in [0.15, 0.2) is 16.7 Å². The van der Waals surface area contributed by atoms with E-state index in [0.29, 0.717) is 0 Å². The van der Waals surface area contributed by atoms with E-state index in [-0.39, 0.29) is 59.7 Å². The van der Waals surface area contributed by atoms with E-state index in [9.17, 15) is 24.3 Å². The number of benzene rings is 1. The second kappa shape index (κ2) is 8.77. The topological polar surface area (TPSA) is 130 Å². The number of aromatic hydroxyl groups is 1. The van der Waals surface area contributed by atoms with Crippen molar-refractivity contribution in [3.63, 3.8) is 0 Å². The number of carbonyl (C=O) groups excluding carboxylic acids is 1. The molecule has 1 aromatic carbocycles. The molecule has 0 bridgehead atoms. The predicted molar refractivity (Wildman–Crippen MR) is 111 cm³/mol. The number of hydrogen-bond acceptors (Lipinski definition) is 7. The molecule has 12 heteroatoms. The van der Waals surface area contributed by atoms with Crippen LogP contribution in [0.15, 0.2) is 44.7 Å². The molecule has 160 valence electrons. The molecular formula is C20H19N5NaO6+. The van der Waals surface area contributed by atoms with Crippen molar-refractivity contribution in [2.75, 3.05) is 6.61 Å². The van der Waals surface area contributed by atoms with Crippen molar-refractivity contribution in [3.8, 4) is 5.88 Å². The Morgan fingerprint density at radius 1 is 1.06 bits per heavy atom. The summed E-state index contributed by atoms with van der Waals surface area (Å²) < 4.78 is 9.07. The summed E-state index contributed by atoms with van der Waals surface area (Å²) in [5, 5.41) is 10.9. The Morgan fingerprint density at radius 3 is 2.34 bits per heavy atom. The normalized spacial score (nSPS) is 11.0. The van der Waals surface area contributed by atoms with Crippen molar-refractivity contribution in [2.24, 2.45) is 14.1 Å². The first kappa shape index (κ1) is 23.5. The first-order valence-corrected chi connectivity index (χ1v) is 9.42. The van der Waals surface area contributed by atoms with Gasteiger partial charge in [-0.15, -0.1) is 0 Å². The zero-order chi connectivity index (χ0) is 22.4. The molecular weight excluding hydrogens is 429 g/mol. The number of esters is 1. The van der Waals surface area contributed by atoms with Crippen LogP contribution in [0.5, 0.6) is 5.88 Å². The number of imidazole rings is 1. The molecule has 0 saturated heterocycles. The fraction of sp³-hybridized carbons (Fsp3) is 0.250. The van der Waals surface area contributed by atoms with Crippen molar-refractivity contribution in [3.05, 3.63) is 72.7 Å². The molecule has 0 saturated carbocycles. The van der Waals surface area contributed by atoms with Crippen LogP contribution in [0, 0.1) is 0 Å². The fourth-order valence-corrected chi connectivity index (χ4v) is 3.49. The van der Waals surface area contributed by atoms with Gasteiger partial charge in [0.2, 0.25) is 11.7 Å². The molecule has 3 heterocycles. The van der Waals surface area contributed by atoms with E-state index in [1.165, 1.54) is 18.7 Å². The summed E-state index contributed by atoms with van der Waals surface area (Å²) in [7, 11) is 2.69. The third kappa shape index (κ3) is 3.48. The average Bonchev–Trinajstić information content (AvgIpc) is 3.16. The maximum absolute atomic E-state index is 13.2. The molecule has 4 rings (SSSR count). The number of aryl methyl sites for hydroxylation is 1. The van der Waals surface area contributed by atoms with Crippen LogP contribution in [-0.4, -0.2) is 40.8 Å². The molecule has 32 heavy (non-hydrogen) atoms. The summed E-state index contributed by atoms with van der Waals surface area (Å²) in [6, 6.07) is 8.97. The van der Waals surface area contributed by atoms with Gasteiger partial charge in [-0.3, -0.25) is 23.3 Å². The summed E-state index contributed by atoms with van der Waals surface area (Å²) in [6.45, 7) is 1.59. The molecule has 0 amide bonds. The second-order valence-corrected chi connectivity index (χ2v) is 6.92. The molecule has 4 aromatic rings. The van der Waals surface area contributed by atoms with E-state index < -0.39 is 34.2 Å². The number of fused-ring (bicyclic) bond motifs is 3. The van der Waals surface area contributed by atoms with Crippen LogP contribution in [0.4, 0.5) is 0 Å². The third-order valence-electron chi connectivity index (χ3n) is 5.04. The Morgan fingerprint density at radius 2 is 1.72 bits per heavy atom.